The molecule has 1 aliphatic heterocycles. The smallest absolute Gasteiger partial charge is 0.144 e. The zero-order valence-corrected chi connectivity index (χ0v) is 6.30. The molecule has 0 spiro atoms. The van der Waals surface area contributed by atoms with Gasteiger partial charge in [0.25, 0.3) is 0 Å². The van der Waals surface area contributed by atoms with Crippen molar-refractivity contribution < 1.29 is 4.79 Å². The third-order valence-corrected chi connectivity index (χ3v) is 2.97. The van der Waals surface area contributed by atoms with Crippen LogP contribution in [0.2, 0.25) is 0 Å². The normalized spacial score (nSPS) is 36.6. The lowest BCUT2D eigenvalue weighted by atomic mass is 9.93. The van der Waals surface area contributed by atoms with Gasteiger partial charge in [0.15, 0.2) is 0 Å². The molecule has 2 aliphatic rings. The standard InChI is InChI=1S/C8H8OS/c9-7-2-1-3-8-6(7)4-5-10-8/h1,3-6,8H,2H2. The van der Waals surface area contributed by atoms with Gasteiger partial charge >= 0.3 is 0 Å². The highest BCUT2D eigenvalue weighted by Crippen LogP contribution is 2.34. The van der Waals surface area contributed by atoms with E-state index in [1.165, 1.54) is 0 Å². The van der Waals surface area contributed by atoms with E-state index in [1.807, 2.05) is 17.6 Å². The molecule has 2 heteroatoms. The average molecular weight is 152 g/mol. The molecule has 0 bridgehead atoms. The summed E-state index contributed by atoms with van der Waals surface area (Å²) < 4.78 is 0. The Labute approximate surface area is 64.2 Å². The fourth-order valence-corrected chi connectivity index (χ4v) is 2.38. The van der Waals surface area contributed by atoms with E-state index in [0.29, 0.717) is 17.5 Å². The van der Waals surface area contributed by atoms with Crippen molar-refractivity contribution in [3.05, 3.63) is 23.6 Å². The third kappa shape index (κ3) is 0.833. The topological polar surface area (TPSA) is 17.1 Å². The maximum atomic E-state index is 11.2. The van der Waals surface area contributed by atoms with E-state index in [0.717, 1.165) is 0 Å². The van der Waals surface area contributed by atoms with E-state index >= 15 is 0 Å². The summed E-state index contributed by atoms with van der Waals surface area (Å²) in [4.78, 5) is 11.2. The van der Waals surface area contributed by atoms with Crippen LogP contribution in [0.15, 0.2) is 23.6 Å². The van der Waals surface area contributed by atoms with Crippen LogP contribution in [-0.4, -0.2) is 11.0 Å². The summed E-state index contributed by atoms with van der Waals surface area (Å²) in [6.45, 7) is 0. The fraction of sp³-hybridized carbons (Fsp3) is 0.375. The van der Waals surface area contributed by atoms with Crippen LogP contribution < -0.4 is 0 Å². The number of allylic oxidation sites excluding steroid dienone is 2. The Morgan fingerprint density at radius 3 is 3.20 bits per heavy atom. The lowest BCUT2D eigenvalue weighted by Crippen LogP contribution is -2.22. The predicted molar refractivity (Wildman–Crippen MR) is 42.8 cm³/mol. The Hall–Kier alpha value is -0.500. The molecule has 1 heterocycles. The van der Waals surface area contributed by atoms with Crippen LogP contribution in [0.3, 0.4) is 0 Å². The molecule has 0 amide bonds. The van der Waals surface area contributed by atoms with Crippen LogP contribution in [0.25, 0.3) is 0 Å². The highest BCUT2D eigenvalue weighted by atomic mass is 32.2. The van der Waals surface area contributed by atoms with Crippen molar-refractivity contribution in [3.63, 3.8) is 0 Å². The van der Waals surface area contributed by atoms with Gasteiger partial charge < -0.3 is 0 Å². The number of Topliss-reactive ketones (excluding diaryl/α,β-unsaturated/α-hetero) is 1. The minimum atomic E-state index is 0.190. The first kappa shape index (κ1) is 6.23. The minimum absolute atomic E-state index is 0.190. The molecule has 2 unspecified atom stereocenters. The first-order valence-corrected chi connectivity index (χ1v) is 4.34. The van der Waals surface area contributed by atoms with Gasteiger partial charge in [-0.25, -0.2) is 0 Å². The predicted octanol–water partition coefficient (Wildman–Crippen LogP) is 1.76. The Morgan fingerprint density at radius 2 is 2.40 bits per heavy atom. The van der Waals surface area contributed by atoms with Crippen molar-refractivity contribution in [1.82, 2.24) is 0 Å². The Bertz CT molecular complexity index is 217. The largest absolute Gasteiger partial charge is 0.299 e. The first-order valence-electron chi connectivity index (χ1n) is 3.39. The Kier molecular flexibility index (Phi) is 1.42. The number of ketones is 1. The van der Waals surface area contributed by atoms with Gasteiger partial charge in [0.2, 0.25) is 0 Å². The van der Waals surface area contributed by atoms with E-state index in [9.17, 15) is 4.79 Å². The second-order valence-corrected chi connectivity index (χ2v) is 3.64. The summed E-state index contributed by atoms with van der Waals surface area (Å²) >= 11 is 1.74. The number of carbonyl (C=O) groups is 1. The molecule has 2 atom stereocenters. The third-order valence-electron chi connectivity index (χ3n) is 1.89. The summed E-state index contributed by atoms with van der Waals surface area (Å²) in [5.74, 6) is 0.559. The van der Waals surface area contributed by atoms with E-state index in [-0.39, 0.29) is 5.92 Å². The maximum Gasteiger partial charge on any atom is 0.144 e. The summed E-state index contributed by atoms with van der Waals surface area (Å²) in [6, 6.07) is 0. The van der Waals surface area contributed by atoms with Crippen LogP contribution in [0.5, 0.6) is 0 Å². The molecule has 52 valence electrons. The molecule has 0 aromatic heterocycles. The summed E-state index contributed by atoms with van der Waals surface area (Å²) in [6.07, 6.45) is 6.76. The van der Waals surface area contributed by atoms with Crippen molar-refractivity contribution in [2.45, 2.75) is 11.7 Å². The molecule has 0 N–H and O–H groups in total. The molecule has 0 aromatic carbocycles. The molecule has 10 heavy (non-hydrogen) atoms. The van der Waals surface area contributed by atoms with Gasteiger partial charge in [-0.1, -0.05) is 18.2 Å². The summed E-state index contributed by atoms with van der Waals surface area (Å²) in [7, 11) is 0. The highest BCUT2D eigenvalue weighted by Gasteiger charge is 2.29. The van der Waals surface area contributed by atoms with Gasteiger partial charge in [0, 0.05) is 11.7 Å². The number of thioether (sulfide) groups is 1. The molecule has 0 aromatic rings. The van der Waals surface area contributed by atoms with E-state index in [4.69, 9.17) is 0 Å². The van der Waals surface area contributed by atoms with Gasteiger partial charge in [-0.15, -0.1) is 11.8 Å². The van der Waals surface area contributed by atoms with Gasteiger partial charge in [-0.05, 0) is 5.41 Å². The van der Waals surface area contributed by atoms with Gasteiger partial charge in [0.1, 0.15) is 5.78 Å². The summed E-state index contributed by atoms with van der Waals surface area (Å²) in [5.41, 5.74) is 0. The Balaban J connectivity index is 2.28. The molecule has 2 rings (SSSR count). The SMILES string of the molecule is O=C1CC=CC2SC=CC12. The highest BCUT2D eigenvalue weighted by molar-refractivity contribution is 8.03. The molecule has 1 nitrogen and oxygen atoms in total. The number of rotatable bonds is 0. The molecular formula is C8H8OS. The molecule has 1 aliphatic carbocycles. The van der Waals surface area contributed by atoms with Crippen LogP contribution in [0.1, 0.15) is 6.42 Å². The molecule has 0 radical (unpaired) electrons. The number of hydrogen-bond donors (Lipinski definition) is 0. The van der Waals surface area contributed by atoms with E-state index in [1.54, 1.807) is 11.8 Å². The average Bonchev–Trinajstić information content (AvgIpc) is 2.36. The Morgan fingerprint density at radius 1 is 1.50 bits per heavy atom. The lowest BCUT2D eigenvalue weighted by molar-refractivity contribution is -0.120. The minimum Gasteiger partial charge on any atom is -0.299 e. The van der Waals surface area contributed by atoms with Crippen LogP contribution in [0.4, 0.5) is 0 Å². The van der Waals surface area contributed by atoms with Crippen molar-refractivity contribution >= 4 is 17.5 Å². The number of carbonyl (C=O) groups excluding carboxylic acids is 1. The number of fused-ring (bicyclic) bond motifs is 1. The first-order chi connectivity index (χ1) is 4.88. The lowest BCUT2D eigenvalue weighted by Gasteiger charge is -2.16. The fourth-order valence-electron chi connectivity index (χ4n) is 1.32. The van der Waals surface area contributed by atoms with Gasteiger partial charge in [0.05, 0.1) is 5.92 Å². The van der Waals surface area contributed by atoms with E-state index < -0.39 is 0 Å². The monoisotopic (exact) mass is 152 g/mol. The molecule has 0 fully saturated rings. The quantitative estimate of drug-likeness (QED) is 0.492. The van der Waals surface area contributed by atoms with Crippen molar-refractivity contribution in [3.8, 4) is 0 Å². The summed E-state index contributed by atoms with van der Waals surface area (Å²) in [5, 5.41) is 2.45. The second kappa shape index (κ2) is 2.27. The molecule has 0 saturated carbocycles. The van der Waals surface area contributed by atoms with Crippen LogP contribution in [-0.2, 0) is 4.79 Å². The van der Waals surface area contributed by atoms with Crippen molar-refractivity contribution in [2.24, 2.45) is 5.92 Å². The van der Waals surface area contributed by atoms with Gasteiger partial charge in [-0.3, -0.25) is 4.79 Å². The molecular weight excluding hydrogens is 144 g/mol. The molecule has 0 saturated heterocycles. The zero-order valence-electron chi connectivity index (χ0n) is 5.49. The van der Waals surface area contributed by atoms with Crippen molar-refractivity contribution in [1.29, 1.82) is 0 Å². The maximum absolute atomic E-state index is 11.2. The van der Waals surface area contributed by atoms with Crippen LogP contribution >= 0.6 is 11.8 Å². The zero-order chi connectivity index (χ0) is 6.97. The van der Waals surface area contributed by atoms with Crippen molar-refractivity contribution in [2.75, 3.05) is 0 Å². The second-order valence-electron chi connectivity index (χ2n) is 2.55. The number of hydrogen-bond acceptors (Lipinski definition) is 2. The van der Waals surface area contributed by atoms with Crippen LogP contribution in [0, 0.1) is 5.92 Å². The van der Waals surface area contributed by atoms with Gasteiger partial charge in [-0.2, -0.15) is 0 Å². The van der Waals surface area contributed by atoms with E-state index in [2.05, 4.69) is 6.08 Å².